The standard InChI is InChI=1S/C19H21FN2O3S2/c1-26-17-6-8-18(9-7-17)27(24,25)22-12-10-14(11-13-22)19(23)21-16-4-2-15(20)3-5-16/h2-9,14H,10-13H2,1H3,(H,21,23). The number of piperidine rings is 1. The highest BCUT2D eigenvalue weighted by Crippen LogP contribution is 2.26. The lowest BCUT2D eigenvalue weighted by atomic mass is 9.97. The second-order valence-electron chi connectivity index (χ2n) is 6.35. The molecule has 0 unspecified atom stereocenters. The first-order valence-electron chi connectivity index (χ1n) is 8.61. The normalized spacial score (nSPS) is 16.2. The second kappa shape index (κ2) is 8.41. The molecule has 3 rings (SSSR count). The van der Waals surface area contributed by atoms with Crippen molar-refractivity contribution in [1.82, 2.24) is 4.31 Å². The first-order valence-corrected chi connectivity index (χ1v) is 11.3. The molecule has 8 heteroatoms. The van der Waals surface area contributed by atoms with E-state index in [1.165, 1.54) is 28.6 Å². The van der Waals surface area contributed by atoms with Crippen molar-refractivity contribution in [2.24, 2.45) is 5.92 Å². The number of nitrogens with one attached hydrogen (secondary N) is 1. The molecule has 0 bridgehead atoms. The van der Waals surface area contributed by atoms with Crippen molar-refractivity contribution in [3.63, 3.8) is 0 Å². The fourth-order valence-corrected chi connectivity index (χ4v) is 4.91. The average Bonchev–Trinajstić information content (AvgIpc) is 2.70. The maximum Gasteiger partial charge on any atom is 0.243 e. The number of carbonyl (C=O) groups excluding carboxylic acids is 1. The smallest absolute Gasteiger partial charge is 0.243 e. The quantitative estimate of drug-likeness (QED) is 0.768. The zero-order chi connectivity index (χ0) is 19.4. The topological polar surface area (TPSA) is 66.5 Å². The zero-order valence-electron chi connectivity index (χ0n) is 14.9. The number of benzene rings is 2. The number of rotatable bonds is 5. The van der Waals surface area contributed by atoms with Crippen molar-refractivity contribution in [1.29, 1.82) is 0 Å². The molecule has 1 aliphatic heterocycles. The third-order valence-corrected chi connectivity index (χ3v) is 7.29. The Morgan fingerprint density at radius 2 is 1.67 bits per heavy atom. The number of hydrogen-bond acceptors (Lipinski definition) is 4. The van der Waals surface area contributed by atoms with Crippen LogP contribution in [0.1, 0.15) is 12.8 Å². The Hall–Kier alpha value is -1.90. The lowest BCUT2D eigenvalue weighted by Crippen LogP contribution is -2.41. The largest absolute Gasteiger partial charge is 0.326 e. The van der Waals surface area contributed by atoms with Gasteiger partial charge < -0.3 is 5.32 Å². The Balaban J connectivity index is 1.60. The first kappa shape index (κ1) is 19.9. The van der Waals surface area contributed by atoms with Crippen LogP contribution in [0.3, 0.4) is 0 Å². The van der Waals surface area contributed by atoms with E-state index in [2.05, 4.69) is 5.32 Å². The van der Waals surface area contributed by atoms with Gasteiger partial charge in [0.1, 0.15) is 5.82 Å². The van der Waals surface area contributed by atoms with Gasteiger partial charge in [-0.3, -0.25) is 4.79 Å². The summed E-state index contributed by atoms with van der Waals surface area (Å²) in [4.78, 5) is 13.7. The molecule has 0 atom stereocenters. The average molecular weight is 409 g/mol. The van der Waals surface area contributed by atoms with Crippen LogP contribution in [-0.2, 0) is 14.8 Å². The molecule has 0 spiro atoms. The molecule has 144 valence electrons. The van der Waals surface area contributed by atoms with Gasteiger partial charge in [-0.15, -0.1) is 11.8 Å². The van der Waals surface area contributed by atoms with Gasteiger partial charge in [0.25, 0.3) is 0 Å². The summed E-state index contributed by atoms with van der Waals surface area (Å²) in [7, 11) is -3.55. The van der Waals surface area contributed by atoms with E-state index in [1.54, 1.807) is 36.0 Å². The van der Waals surface area contributed by atoms with Crippen LogP contribution >= 0.6 is 11.8 Å². The van der Waals surface area contributed by atoms with Crippen molar-refractivity contribution in [2.75, 3.05) is 24.7 Å². The lowest BCUT2D eigenvalue weighted by molar-refractivity contribution is -0.120. The molecule has 0 saturated carbocycles. The van der Waals surface area contributed by atoms with E-state index in [0.29, 0.717) is 31.6 Å². The van der Waals surface area contributed by atoms with Crippen molar-refractivity contribution in [3.8, 4) is 0 Å². The summed E-state index contributed by atoms with van der Waals surface area (Å²) >= 11 is 1.55. The molecule has 27 heavy (non-hydrogen) atoms. The van der Waals surface area contributed by atoms with Crippen LogP contribution in [0.2, 0.25) is 0 Å². The number of thioether (sulfide) groups is 1. The molecular weight excluding hydrogens is 387 g/mol. The third kappa shape index (κ3) is 4.69. The van der Waals surface area contributed by atoms with Crippen LogP contribution in [0, 0.1) is 11.7 Å². The van der Waals surface area contributed by atoms with Crippen molar-refractivity contribution < 1.29 is 17.6 Å². The minimum Gasteiger partial charge on any atom is -0.326 e. The highest BCUT2D eigenvalue weighted by atomic mass is 32.2. The van der Waals surface area contributed by atoms with Crippen LogP contribution in [0.15, 0.2) is 58.3 Å². The molecule has 1 saturated heterocycles. The molecule has 5 nitrogen and oxygen atoms in total. The van der Waals surface area contributed by atoms with Crippen molar-refractivity contribution in [2.45, 2.75) is 22.6 Å². The highest BCUT2D eigenvalue weighted by molar-refractivity contribution is 7.98. The minimum absolute atomic E-state index is 0.164. The zero-order valence-corrected chi connectivity index (χ0v) is 16.5. The van der Waals surface area contributed by atoms with E-state index in [1.807, 2.05) is 6.26 Å². The minimum atomic E-state index is -3.55. The number of hydrogen-bond donors (Lipinski definition) is 1. The van der Waals surface area contributed by atoms with Crippen LogP contribution in [0.5, 0.6) is 0 Å². The Labute approximate surface area is 163 Å². The lowest BCUT2D eigenvalue weighted by Gasteiger charge is -2.30. The van der Waals surface area contributed by atoms with E-state index in [0.717, 1.165) is 4.90 Å². The number of nitrogens with zero attached hydrogens (tertiary/aromatic N) is 1. The summed E-state index contributed by atoms with van der Waals surface area (Å²) in [6, 6.07) is 12.4. The van der Waals surface area contributed by atoms with Gasteiger partial charge in [0.2, 0.25) is 15.9 Å². The maximum atomic E-state index is 12.9. The summed E-state index contributed by atoms with van der Waals surface area (Å²) in [5.74, 6) is -0.791. The number of halogens is 1. The fraction of sp³-hybridized carbons (Fsp3) is 0.316. The summed E-state index contributed by atoms with van der Waals surface area (Å²) in [5.41, 5.74) is 0.533. The number of amides is 1. The summed E-state index contributed by atoms with van der Waals surface area (Å²) < 4.78 is 39.9. The summed E-state index contributed by atoms with van der Waals surface area (Å²) in [6.07, 6.45) is 2.84. The van der Waals surface area contributed by atoms with Gasteiger partial charge in [0, 0.05) is 29.6 Å². The number of anilines is 1. The predicted molar refractivity (Wildman–Crippen MR) is 105 cm³/mol. The molecule has 1 aliphatic rings. The molecule has 0 aliphatic carbocycles. The highest BCUT2D eigenvalue weighted by Gasteiger charge is 2.32. The Morgan fingerprint density at radius 1 is 1.07 bits per heavy atom. The van der Waals surface area contributed by atoms with Gasteiger partial charge in [0.05, 0.1) is 4.90 Å². The Bertz CT molecular complexity index is 892. The van der Waals surface area contributed by atoms with Crippen molar-refractivity contribution >= 4 is 33.4 Å². The van der Waals surface area contributed by atoms with Crippen LogP contribution in [-0.4, -0.2) is 38.0 Å². The van der Waals surface area contributed by atoms with Gasteiger partial charge in [-0.2, -0.15) is 4.31 Å². The Kier molecular flexibility index (Phi) is 6.18. The van der Waals surface area contributed by atoms with Crippen molar-refractivity contribution in [3.05, 3.63) is 54.3 Å². The number of carbonyl (C=O) groups is 1. The molecule has 2 aromatic carbocycles. The monoisotopic (exact) mass is 408 g/mol. The SMILES string of the molecule is CSc1ccc(S(=O)(=O)N2CCC(C(=O)Nc3ccc(F)cc3)CC2)cc1. The molecule has 2 aromatic rings. The molecule has 0 aromatic heterocycles. The van der Waals surface area contributed by atoms with Gasteiger partial charge in [-0.1, -0.05) is 0 Å². The Morgan fingerprint density at radius 3 is 2.22 bits per heavy atom. The van der Waals surface area contributed by atoms with E-state index < -0.39 is 10.0 Å². The van der Waals surface area contributed by atoms with Gasteiger partial charge in [-0.05, 0) is 67.6 Å². The van der Waals surface area contributed by atoms with E-state index in [-0.39, 0.29) is 22.5 Å². The van der Waals surface area contributed by atoms with Gasteiger partial charge in [0.15, 0.2) is 0 Å². The predicted octanol–water partition coefficient (Wildman–Crippen LogP) is 3.59. The van der Waals surface area contributed by atoms with Gasteiger partial charge in [-0.25, -0.2) is 12.8 Å². The van der Waals surface area contributed by atoms with Crippen LogP contribution < -0.4 is 5.32 Å². The third-order valence-electron chi connectivity index (χ3n) is 4.63. The molecule has 1 amide bonds. The van der Waals surface area contributed by atoms with Crippen LogP contribution in [0.25, 0.3) is 0 Å². The summed E-state index contributed by atoms with van der Waals surface area (Å²) in [6.45, 7) is 0.599. The fourth-order valence-electron chi connectivity index (χ4n) is 3.03. The maximum absolute atomic E-state index is 12.9. The molecule has 1 N–H and O–H groups in total. The van der Waals surface area contributed by atoms with E-state index >= 15 is 0 Å². The molecule has 1 fully saturated rings. The number of sulfonamides is 1. The van der Waals surface area contributed by atoms with E-state index in [9.17, 15) is 17.6 Å². The van der Waals surface area contributed by atoms with Gasteiger partial charge >= 0.3 is 0 Å². The summed E-state index contributed by atoms with van der Waals surface area (Å²) in [5, 5.41) is 2.76. The molecule has 1 heterocycles. The molecular formula is C19H21FN2O3S2. The first-order chi connectivity index (χ1) is 12.9. The van der Waals surface area contributed by atoms with Crippen LogP contribution in [0.4, 0.5) is 10.1 Å². The second-order valence-corrected chi connectivity index (χ2v) is 9.17. The molecule has 0 radical (unpaired) electrons. The van der Waals surface area contributed by atoms with E-state index in [4.69, 9.17) is 0 Å².